The van der Waals surface area contributed by atoms with Gasteiger partial charge < -0.3 is 4.90 Å². The lowest BCUT2D eigenvalue weighted by molar-refractivity contribution is 0.331. The maximum absolute atomic E-state index is 12.3. The van der Waals surface area contributed by atoms with Gasteiger partial charge in [0.15, 0.2) is 11.6 Å². The second-order valence-corrected chi connectivity index (χ2v) is 7.85. The van der Waals surface area contributed by atoms with Crippen molar-refractivity contribution >= 4 is 5.82 Å². The van der Waals surface area contributed by atoms with Crippen molar-refractivity contribution in [3.8, 4) is 5.82 Å². The van der Waals surface area contributed by atoms with E-state index in [4.69, 9.17) is 0 Å². The van der Waals surface area contributed by atoms with Crippen LogP contribution < -0.4 is 10.5 Å². The highest BCUT2D eigenvalue weighted by Gasteiger charge is 2.30. The molecule has 3 aromatic rings. The second kappa shape index (κ2) is 6.54. The Labute approximate surface area is 162 Å². The van der Waals surface area contributed by atoms with Crippen LogP contribution in [0.15, 0.2) is 29.1 Å². The number of aryl methyl sites for hydroxylation is 4. The van der Waals surface area contributed by atoms with Crippen LogP contribution in [0.1, 0.15) is 29.1 Å². The van der Waals surface area contributed by atoms with Gasteiger partial charge in [0.25, 0.3) is 5.56 Å². The van der Waals surface area contributed by atoms with E-state index >= 15 is 0 Å². The third kappa shape index (κ3) is 2.98. The van der Waals surface area contributed by atoms with Crippen molar-refractivity contribution in [3.05, 3.63) is 57.3 Å². The Morgan fingerprint density at radius 1 is 1.04 bits per heavy atom. The van der Waals surface area contributed by atoms with Gasteiger partial charge in [0, 0.05) is 30.8 Å². The van der Waals surface area contributed by atoms with E-state index in [9.17, 15) is 4.79 Å². The Morgan fingerprint density at radius 3 is 2.68 bits per heavy atom. The highest BCUT2D eigenvalue weighted by Crippen LogP contribution is 2.27. The molecule has 1 fully saturated rings. The minimum Gasteiger partial charge on any atom is -0.354 e. The lowest BCUT2D eigenvalue weighted by Crippen LogP contribution is -2.50. The van der Waals surface area contributed by atoms with Crippen LogP contribution in [0.25, 0.3) is 5.82 Å². The Kier molecular flexibility index (Phi) is 3.99. The van der Waals surface area contributed by atoms with Crippen molar-refractivity contribution in [3.63, 3.8) is 0 Å². The standard InChI is InChI=1S/C20H23N7O/c1-13-8-14(2)27(23-13)18-6-7-20(28)26(24-18)12-15-10-25(11-15)19-9-16-4-3-5-17(16)21-22-19/h6-9,15H,3-5,10-12H2,1-2H3. The number of hydrogen-bond donors (Lipinski definition) is 0. The second-order valence-electron chi connectivity index (χ2n) is 7.85. The molecule has 0 amide bonds. The molecule has 0 bridgehead atoms. The highest BCUT2D eigenvalue weighted by molar-refractivity contribution is 5.45. The number of anilines is 1. The first-order chi connectivity index (χ1) is 13.6. The molecule has 0 spiro atoms. The van der Waals surface area contributed by atoms with Gasteiger partial charge in [0.05, 0.1) is 17.9 Å². The molecule has 0 aromatic carbocycles. The van der Waals surface area contributed by atoms with E-state index in [-0.39, 0.29) is 5.56 Å². The molecule has 1 aliphatic heterocycles. The first-order valence-corrected chi connectivity index (χ1v) is 9.79. The van der Waals surface area contributed by atoms with Crippen LogP contribution in [0.5, 0.6) is 0 Å². The number of fused-ring (bicyclic) bond motifs is 1. The molecule has 8 heteroatoms. The van der Waals surface area contributed by atoms with Crippen LogP contribution in [0.3, 0.4) is 0 Å². The molecule has 144 valence electrons. The highest BCUT2D eigenvalue weighted by atomic mass is 16.1. The molecule has 2 aliphatic rings. The molecule has 0 radical (unpaired) electrons. The number of hydrogen-bond acceptors (Lipinski definition) is 6. The quantitative estimate of drug-likeness (QED) is 0.685. The normalized spacial score (nSPS) is 16.3. The van der Waals surface area contributed by atoms with Gasteiger partial charge >= 0.3 is 0 Å². The Morgan fingerprint density at radius 2 is 1.89 bits per heavy atom. The lowest BCUT2D eigenvalue weighted by atomic mass is 10.00. The predicted molar refractivity (Wildman–Crippen MR) is 105 cm³/mol. The fraction of sp³-hybridized carbons (Fsp3) is 0.450. The lowest BCUT2D eigenvalue weighted by Gasteiger charge is -2.40. The van der Waals surface area contributed by atoms with Crippen LogP contribution >= 0.6 is 0 Å². The van der Waals surface area contributed by atoms with Crippen molar-refractivity contribution in [1.29, 1.82) is 0 Å². The third-order valence-corrected chi connectivity index (χ3v) is 5.60. The summed E-state index contributed by atoms with van der Waals surface area (Å²) in [7, 11) is 0. The molecular formula is C20H23N7O. The van der Waals surface area contributed by atoms with Crippen molar-refractivity contribution < 1.29 is 0 Å². The summed E-state index contributed by atoms with van der Waals surface area (Å²) in [5.41, 5.74) is 4.34. The summed E-state index contributed by atoms with van der Waals surface area (Å²) in [4.78, 5) is 14.5. The molecule has 0 N–H and O–H groups in total. The summed E-state index contributed by atoms with van der Waals surface area (Å²) in [5.74, 6) is 2.00. The summed E-state index contributed by atoms with van der Waals surface area (Å²) in [6.07, 6.45) is 3.33. The molecule has 1 aliphatic carbocycles. The fourth-order valence-corrected chi connectivity index (χ4v) is 4.13. The van der Waals surface area contributed by atoms with Gasteiger partial charge in [-0.05, 0) is 56.9 Å². The van der Waals surface area contributed by atoms with Gasteiger partial charge in [-0.3, -0.25) is 4.79 Å². The molecule has 3 aromatic heterocycles. The fourth-order valence-electron chi connectivity index (χ4n) is 4.13. The van der Waals surface area contributed by atoms with Crippen LogP contribution in [0, 0.1) is 19.8 Å². The smallest absolute Gasteiger partial charge is 0.266 e. The maximum Gasteiger partial charge on any atom is 0.266 e. The number of rotatable bonds is 4. The number of aromatic nitrogens is 6. The van der Waals surface area contributed by atoms with Gasteiger partial charge in [-0.2, -0.15) is 10.2 Å². The van der Waals surface area contributed by atoms with Gasteiger partial charge in [-0.25, -0.2) is 9.36 Å². The molecule has 5 rings (SSSR count). The van der Waals surface area contributed by atoms with Crippen LogP contribution in [-0.4, -0.2) is 42.8 Å². The zero-order valence-electron chi connectivity index (χ0n) is 16.2. The van der Waals surface area contributed by atoms with E-state index in [1.165, 1.54) is 12.0 Å². The van der Waals surface area contributed by atoms with E-state index in [2.05, 4.69) is 31.4 Å². The van der Waals surface area contributed by atoms with E-state index in [1.54, 1.807) is 21.5 Å². The third-order valence-electron chi connectivity index (χ3n) is 5.60. The predicted octanol–water partition coefficient (Wildman–Crippen LogP) is 1.46. The first kappa shape index (κ1) is 17.1. The molecule has 1 saturated heterocycles. The minimum atomic E-state index is -0.0824. The first-order valence-electron chi connectivity index (χ1n) is 9.79. The number of nitrogens with zero attached hydrogens (tertiary/aromatic N) is 7. The van der Waals surface area contributed by atoms with E-state index in [0.29, 0.717) is 18.3 Å². The summed E-state index contributed by atoms with van der Waals surface area (Å²) in [6.45, 7) is 6.27. The van der Waals surface area contributed by atoms with Crippen LogP contribution in [0.4, 0.5) is 5.82 Å². The Balaban J connectivity index is 1.29. The Bertz CT molecular complexity index is 1090. The molecule has 0 saturated carbocycles. The average molecular weight is 377 g/mol. The minimum absolute atomic E-state index is 0.0824. The SMILES string of the molecule is Cc1cc(C)n(-c2ccc(=O)n(CC3CN(c4cc5c(nn4)CCC5)C3)n2)n1. The van der Waals surface area contributed by atoms with Crippen LogP contribution in [0.2, 0.25) is 0 Å². The summed E-state index contributed by atoms with van der Waals surface area (Å²) in [6, 6.07) is 7.48. The Hall–Kier alpha value is -3.03. The van der Waals surface area contributed by atoms with E-state index < -0.39 is 0 Å². The molecule has 4 heterocycles. The monoisotopic (exact) mass is 377 g/mol. The van der Waals surface area contributed by atoms with Crippen molar-refractivity contribution in [1.82, 2.24) is 29.8 Å². The van der Waals surface area contributed by atoms with Crippen molar-refractivity contribution in [2.24, 2.45) is 5.92 Å². The topological polar surface area (TPSA) is 81.7 Å². The summed E-state index contributed by atoms with van der Waals surface area (Å²) in [5, 5.41) is 17.8. The van der Waals surface area contributed by atoms with Crippen LogP contribution in [-0.2, 0) is 19.4 Å². The summed E-state index contributed by atoms with van der Waals surface area (Å²) < 4.78 is 3.33. The average Bonchev–Trinajstić information content (AvgIpc) is 3.24. The molecule has 8 nitrogen and oxygen atoms in total. The van der Waals surface area contributed by atoms with Crippen molar-refractivity contribution in [2.45, 2.75) is 39.7 Å². The van der Waals surface area contributed by atoms with Gasteiger partial charge in [-0.15, -0.1) is 10.2 Å². The van der Waals surface area contributed by atoms with Gasteiger partial charge in [0.2, 0.25) is 0 Å². The van der Waals surface area contributed by atoms with Crippen molar-refractivity contribution in [2.75, 3.05) is 18.0 Å². The largest absolute Gasteiger partial charge is 0.354 e. The zero-order valence-corrected chi connectivity index (χ0v) is 16.2. The molecule has 28 heavy (non-hydrogen) atoms. The van der Waals surface area contributed by atoms with E-state index in [0.717, 1.165) is 48.8 Å². The zero-order chi connectivity index (χ0) is 19.3. The maximum atomic E-state index is 12.3. The van der Waals surface area contributed by atoms with E-state index in [1.807, 2.05) is 19.9 Å². The summed E-state index contributed by atoms with van der Waals surface area (Å²) >= 11 is 0. The molecule has 0 unspecified atom stereocenters. The van der Waals surface area contributed by atoms with Gasteiger partial charge in [-0.1, -0.05) is 0 Å². The molecular weight excluding hydrogens is 354 g/mol. The molecule has 0 atom stereocenters. The van der Waals surface area contributed by atoms with Gasteiger partial charge in [0.1, 0.15) is 0 Å².